The van der Waals surface area contributed by atoms with Crippen molar-refractivity contribution in [3.05, 3.63) is 22.5 Å². The largest absolute Gasteiger partial charge is 0.391 e. The number of fused-ring (bicyclic) bond motifs is 2. The van der Waals surface area contributed by atoms with Crippen LogP contribution in [0.1, 0.15) is 61.4 Å². The number of carbonyl (C=O) groups is 1. The van der Waals surface area contributed by atoms with Gasteiger partial charge in [0.25, 0.3) is 0 Å². The third kappa shape index (κ3) is 3.06. The predicted octanol–water partition coefficient (Wildman–Crippen LogP) is 2.97. The Kier molecular flexibility index (Phi) is 4.65. The highest BCUT2D eigenvalue weighted by Crippen LogP contribution is 2.38. The summed E-state index contributed by atoms with van der Waals surface area (Å²) in [6.45, 7) is 12.9. The number of piperidine rings is 1. The molecule has 1 aliphatic heterocycles. The summed E-state index contributed by atoms with van der Waals surface area (Å²) in [5.74, 6) is 0.882. The average molecular weight is 332 g/mol. The first kappa shape index (κ1) is 17.7. The molecule has 24 heavy (non-hydrogen) atoms. The van der Waals surface area contributed by atoms with Gasteiger partial charge in [0.1, 0.15) is 0 Å². The second kappa shape index (κ2) is 6.30. The molecule has 0 saturated carbocycles. The van der Waals surface area contributed by atoms with E-state index in [1.165, 1.54) is 11.3 Å². The number of aliphatic hydroxyl groups is 1. The Balaban J connectivity index is 1.78. The number of nitrogens with one attached hydrogen (secondary N) is 1. The number of ketones is 1. The summed E-state index contributed by atoms with van der Waals surface area (Å²) < 4.78 is 0. The fourth-order valence-electron chi connectivity index (χ4n) is 4.37. The van der Waals surface area contributed by atoms with E-state index in [2.05, 4.69) is 44.5 Å². The Morgan fingerprint density at radius 2 is 2.08 bits per heavy atom. The lowest BCUT2D eigenvalue weighted by molar-refractivity contribution is 0.00745. The van der Waals surface area contributed by atoms with Gasteiger partial charge in [-0.2, -0.15) is 0 Å². The smallest absolute Gasteiger partial charge is 0.169 e. The average Bonchev–Trinajstić information content (AvgIpc) is 2.82. The Morgan fingerprint density at radius 1 is 1.38 bits per heavy atom. The molecule has 0 radical (unpaired) electrons. The van der Waals surface area contributed by atoms with Crippen molar-refractivity contribution in [1.82, 2.24) is 9.88 Å². The van der Waals surface area contributed by atoms with Crippen molar-refractivity contribution in [1.29, 1.82) is 0 Å². The van der Waals surface area contributed by atoms with Crippen molar-refractivity contribution in [3.8, 4) is 0 Å². The van der Waals surface area contributed by atoms with E-state index in [0.29, 0.717) is 18.2 Å². The lowest BCUT2D eigenvalue weighted by Crippen LogP contribution is -2.50. The van der Waals surface area contributed by atoms with E-state index in [1.54, 1.807) is 0 Å². The number of H-pyrrole nitrogens is 1. The molecule has 1 saturated heterocycles. The first-order valence-corrected chi connectivity index (χ1v) is 9.37. The molecule has 2 heterocycles. The molecule has 1 unspecified atom stereocenters. The molecule has 1 aliphatic carbocycles. The van der Waals surface area contributed by atoms with E-state index in [4.69, 9.17) is 0 Å². The number of carbonyl (C=O) groups excluding carboxylic acids is 1. The van der Waals surface area contributed by atoms with Gasteiger partial charge in [0, 0.05) is 36.0 Å². The second-order valence-corrected chi connectivity index (χ2v) is 8.80. The predicted molar refractivity (Wildman–Crippen MR) is 96.4 cm³/mol. The fraction of sp³-hybridized carbons (Fsp3) is 0.750. The van der Waals surface area contributed by atoms with Gasteiger partial charge in [-0.05, 0) is 49.6 Å². The molecule has 1 aromatic heterocycles. The van der Waals surface area contributed by atoms with Crippen molar-refractivity contribution >= 4 is 5.78 Å². The highest BCUT2D eigenvalue weighted by molar-refractivity contribution is 6.02. The van der Waals surface area contributed by atoms with Crippen LogP contribution < -0.4 is 0 Å². The summed E-state index contributed by atoms with van der Waals surface area (Å²) in [7, 11) is 0. The van der Waals surface area contributed by atoms with Gasteiger partial charge in [0.2, 0.25) is 0 Å². The third-order valence-electron chi connectivity index (χ3n) is 6.07. The van der Waals surface area contributed by atoms with Crippen molar-refractivity contribution in [2.75, 3.05) is 19.6 Å². The monoisotopic (exact) mass is 332 g/mol. The van der Waals surface area contributed by atoms with Crippen LogP contribution in [0.5, 0.6) is 0 Å². The molecular weight excluding hydrogens is 300 g/mol. The maximum atomic E-state index is 13.2. The highest BCUT2D eigenvalue weighted by Gasteiger charge is 2.42. The van der Waals surface area contributed by atoms with E-state index < -0.39 is 0 Å². The SMILES string of the molecule is CCc1c(C)[nH]c2c1C(=O)[C@@H]1CN(CC(O)C(C)(C)C)CC[C@H]1C2. The lowest BCUT2D eigenvalue weighted by Gasteiger charge is -2.42. The van der Waals surface area contributed by atoms with E-state index in [1.807, 2.05) is 0 Å². The quantitative estimate of drug-likeness (QED) is 0.895. The molecule has 0 spiro atoms. The molecule has 1 aromatic rings. The molecule has 3 atom stereocenters. The first-order chi connectivity index (χ1) is 11.2. The Labute approximate surface area is 145 Å². The maximum Gasteiger partial charge on any atom is 0.169 e. The molecule has 0 amide bonds. The van der Waals surface area contributed by atoms with Gasteiger partial charge in [0.15, 0.2) is 5.78 Å². The maximum absolute atomic E-state index is 13.2. The summed E-state index contributed by atoms with van der Waals surface area (Å²) in [4.78, 5) is 18.9. The lowest BCUT2D eigenvalue weighted by atomic mass is 9.72. The minimum atomic E-state index is -0.357. The molecule has 0 aromatic carbocycles. The van der Waals surface area contributed by atoms with Gasteiger partial charge in [-0.15, -0.1) is 0 Å². The summed E-state index contributed by atoms with van der Waals surface area (Å²) in [5, 5.41) is 10.4. The normalized spacial score (nSPS) is 26.2. The van der Waals surface area contributed by atoms with Crippen molar-refractivity contribution < 1.29 is 9.90 Å². The first-order valence-electron chi connectivity index (χ1n) is 9.37. The molecule has 2 N–H and O–H groups in total. The number of aromatic nitrogens is 1. The van der Waals surface area contributed by atoms with Gasteiger partial charge in [-0.3, -0.25) is 9.69 Å². The molecule has 2 aliphatic rings. The van der Waals surface area contributed by atoms with Crippen LogP contribution in [-0.2, 0) is 12.8 Å². The fourth-order valence-corrected chi connectivity index (χ4v) is 4.37. The van der Waals surface area contributed by atoms with Crippen LogP contribution in [0.25, 0.3) is 0 Å². The van der Waals surface area contributed by atoms with Gasteiger partial charge in [-0.25, -0.2) is 0 Å². The third-order valence-corrected chi connectivity index (χ3v) is 6.07. The minimum absolute atomic E-state index is 0.0962. The van der Waals surface area contributed by atoms with E-state index >= 15 is 0 Å². The van der Waals surface area contributed by atoms with E-state index in [9.17, 15) is 9.90 Å². The van der Waals surface area contributed by atoms with Gasteiger partial charge >= 0.3 is 0 Å². The van der Waals surface area contributed by atoms with Crippen LogP contribution in [-0.4, -0.2) is 46.5 Å². The molecule has 4 heteroatoms. The number of aromatic amines is 1. The number of rotatable bonds is 3. The number of nitrogens with zero attached hydrogens (tertiary/aromatic N) is 1. The summed E-state index contributed by atoms with van der Waals surface area (Å²) in [6.07, 6.45) is 2.60. The topological polar surface area (TPSA) is 56.3 Å². The Morgan fingerprint density at radius 3 is 2.71 bits per heavy atom. The minimum Gasteiger partial charge on any atom is -0.391 e. The Hall–Kier alpha value is -1.13. The van der Waals surface area contributed by atoms with Crippen molar-refractivity contribution in [2.24, 2.45) is 17.3 Å². The summed E-state index contributed by atoms with van der Waals surface area (Å²) >= 11 is 0. The van der Waals surface area contributed by atoms with E-state index in [-0.39, 0.29) is 17.4 Å². The van der Waals surface area contributed by atoms with Crippen molar-refractivity contribution in [2.45, 2.75) is 60.0 Å². The highest BCUT2D eigenvalue weighted by atomic mass is 16.3. The van der Waals surface area contributed by atoms with Crippen LogP contribution in [0.4, 0.5) is 0 Å². The van der Waals surface area contributed by atoms with Crippen LogP contribution in [0.15, 0.2) is 0 Å². The Bertz CT molecular complexity index is 626. The molecular formula is C20H32N2O2. The number of likely N-dealkylation sites (tertiary alicyclic amines) is 1. The molecule has 134 valence electrons. The summed E-state index contributed by atoms with van der Waals surface area (Å²) in [5.41, 5.74) is 4.40. The number of aliphatic hydroxyl groups excluding tert-OH is 1. The zero-order chi connectivity index (χ0) is 17.6. The number of aryl methyl sites for hydroxylation is 1. The number of hydrogen-bond donors (Lipinski definition) is 2. The van der Waals surface area contributed by atoms with Gasteiger partial charge < -0.3 is 10.1 Å². The molecule has 4 nitrogen and oxygen atoms in total. The van der Waals surface area contributed by atoms with Gasteiger partial charge in [-0.1, -0.05) is 27.7 Å². The second-order valence-electron chi connectivity index (χ2n) is 8.80. The standard InChI is InChI=1S/C20H32N2O2/c1-6-14-12(2)21-16-9-13-7-8-22(11-17(23)20(3,4)5)10-15(13)19(24)18(14)16/h13,15,17,21,23H,6-11H2,1-5H3/t13-,15+,17?/m0/s1. The number of hydrogen-bond acceptors (Lipinski definition) is 3. The van der Waals surface area contributed by atoms with Gasteiger partial charge in [0.05, 0.1) is 6.10 Å². The molecule has 3 rings (SSSR count). The number of Topliss-reactive ketones (excluding diaryl/α,β-unsaturated/α-hetero) is 1. The van der Waals surface area contributed by atoms with Crippen LogP contribution in [0, 0.1) is 24.2 Å². The molecule has 1 fully saturated rings. The van der Waals surface area contributed by atoms with E-state index in [0.717, 1.165) is 43.6 Å². The zero-order valence-electron chi connectivity index (χ0n) is 15.8. The molecule has 0 bridgehead atoms. The zero-order valence-corrected chi connectivity index (χ0v) is 15.8. The number of β-amino-alcohol motifs (C(OH)–C–C–N with tert-alkyl or cyclic N) is 1. The van der Waals surface area contributed by atoms with Crippen LogP contribution in [0.3, 0.4) is 0 Å². The summed E-state index contributed by atoms with van der Waals surface area (Å²) in [6, 6.07) is 0. The van der Waals surface area contributed by atoms with Crippen LogP contribution >= 0.6 is 0 Å². The van der Waals surface area contributed by atoms with Crippen molar-refractivity contribution in [3.63, 3.8) is 0 Å². The van der Waals surface area contributed by atoms with Crippen LogP contribution in [0.2, 0.25) is 0 Å².